The molecule has 1 fully saturated rings. The maximum Gasteiger partial charge on any atom is 0.300 e. The number of Topliss-reactive ketones (excluding diaryl/α,β-unsaturated/α-hetero) is 1. The van der Waals surface area contributed by atoms with E-state index in [-0.39, 0.29) is 22.3 Å². The molecule has 4 rings (SSSR count). The molecule has 0 aromatic heterocycles. The van der Waals surface area contributed by atoms with Crippen molar-refractivity contribution in [3.8, 4) is 17.2 Å². The van der Waals surface area contributed by atoms with Gasteiger partial charge in [-0.15, -0.1) is 0 Å². The molecule has 1 unspecified atom stereocenters. The summed E-state index contributed by atoms with van der Waals surface area (Å²) < 4.78 is 16.8. The highest BCUT2D eigenvalue weighted by molar-refractivity contribution is 6.52. The topological polar surface area (TPSA) is 85.3 Å². The van der Waals surface area contributed by atoms with Crippen LogP contribution in [0.3, 0.4) is 0 Å². The molecule has 7 nitrogen and oxygen atoms in total. The summed E-state index contributed by atoms with van der Waals surface area (Å²) >= 11 is 6.42. The normalized spacial score (nSPS) is 16.8. The third kappa shape index (κ3) is 5.13. The summed E-state index contributed by atoms with van der Waals surface area (Å²) in [6, 6.07) is 17.7. The maximum absolute atomic E-state index is 13.5. The number of methoxy groups -OCH3 is 1. The third-order valence-corrected chi connectivity index (χ3v) is 6.20. The summed E-state index contributed by atoms with van der Waals surface area (Å²) in [4.78, 5) is 28.3. The van der Waals surface area contributed by atoms with E-state index in [0.29, 0.717) is 35.1 Å². The van der Waals surface area contributed by atoms with Gasteiger partial charge in [0.1, 0.15) is 23.0 Å². The van der Waals surface area contributed by atoms with E-state index in [1.54, 1.807) is 66.7 Å². The van der Waals surface area contributed by atoms with E-state index in [4.69, 9.17) is 25.8 Å². The minimum atomic E-state index is -0.972. The Labute approximate surface area is 220 Å². The standard InChI is InChI=1S/C29H28ClNO6/c1-5-36-20-14-15-23(30)22(16-20)27(32)25-26(21-8-6-7-9-24(21)35-4)31(29(34)28(25)33)18-10-12-19(13-11-18)37-17(2)3/h6-17,26,32H,5H2,1-4H3/b27-25+. The van der Waals surface area contributed by atoms with Crippen LogP contribution in [-0.2, 0) is 9.59 Å². The molecule has 1 amide bonds. The number of para-hydroxylation sites is 1. The molecule has 1 saturated heterocycles. The van der Waals surface area contributed by atoms with Gasteiger partial charge in [0.05, 0.1) is 36.5 Å². The van der Waals surface area contributed by atoms with Crippen LogP contribution < -0.4 is 19.1 Å². The van der Waals surface area contributed by atoms with Gasteiger partial charge >= 0.3 is 0 Å². The first-order valence-electron chi connectivity index (χ1n) is 11.9. The number of ketones is 1. The summed E-state index contributed by atoms with van der Waals surface area (Å²) in [5, 5.41) is 11.7. The van der Waals surface area contributed by atoms with Crippen molar-refractivity contribution in [1.29, 1.82) is 0 Å². The van der Waals surface area contributed by atoms with E-state index in [0.717, 1.165) is 0 Å². The Hall–Kier alpha value is -3.97. The van der Waals surface area contributed by atoms with Crippen LogP contribution in [0.2, 0.25) is 5.02 Å². The molecule has 0 saturated carbocycles. The zero-order chi connectivity index (χ0) is 26.7. The van der Waals surface area contributed by atoms with E-state index in [1.807, 2.05) is 20.8 Å². The molecular formula is C29H28ClNO6. The average Bonchev–Trinajstić information content (AvgIpc) is 3.15. The lowest BCUT2D eigenvalue weighted by Gasteiger charge is -2.27. The van der Waals surface area contributed by atoms with Gasteiger partial charge in [-0.1, -0.05) is 29.8 Å². The van der Waals surface area contributed by atoms with Crippen molar-refractivity contribution < 1.29 is 28.9 Å². The Kier molecular flexibility index (Phi) is 7.74. The number of anilines is 1. The molecule has 0 spiro atoms. The van der Waals surface area contributed by atoms with Crippen molar-refractivity contribution >= 4 is 34.7 Å². The molecule has 1 heterocycles. The molecular weight excluding hydrogens is 494 g/mol. The van der Waals surface area contributed by atoms with E-state index in [2.05, 4.69) is 0 Å². The molecule has 37 heavy (non-hydrogen) atoms. The molecule has 3 aromatic rings. The summed E-state index contributed by atoms with van der Waals surface area (Å²) in [5.74, 6) is -0.468. The van der Waals surface area contributed by atoms with Gasteiger partial charge in [0.15, 0.2) is 0 Å². The van der Waals surface area contributed by atoms with Gasteiger partial charge in [-0.3, -0.25) is 14.5 Å². The van der Waals surface area contributed by atoms with Gasteiger partial charge in [0.2, 0.25) is 0 Å². The first-order valence-corrected chi connectivity index (χ1v) is 12.3. The predicted molar refractivity (Wildman–Crippen MR) is 143 cm³/mol. The van der Waals surface area contributed by atoms with Gasteiger partial charge in [0, 0.05) is 16.8 Å². The molecule has 1 atom stereocenters. The zero-order valence-electron chi connectivity index (χ0n) is 21.0. The Morgan fingerprint density at radius 3 is 2.35 bits per heavy atom. The number of carbonyl (C=O) groups excluding carboxylic acids is 2. The average molecular weight is 522 g/mol. The number of hydrogen-bond donors (Lipinski definition) is 1. The lowest BCUT2D eigenvalue weighted by atomic mass is 9.94. The second-order valence-electron chi connectivity index (χ2n) is 8.65. The fourth-order valence-electron chi connectivity index (χ4n) is 4.33. The highest BCUT2D eigenvalue weighted by atomic mass is 35.5. The number of carbonyl (C=O) groups is 2. The van der Waals surface area contributed by atoms with Crippen LogP contribution in [0.4, 0.5) is 5.69 Å². The van der Waals surface area contributed by atoms with Crippen molar-refractivity contribution in [3.63, 3.8) is 0 Å². The van der Waals surface area contributed by atoms with Crippen molar-refractivity contribution in [3.05, 3.63) is 88.5 Å². The second kappa shape index (κ2) is 11.0. The largest absolute Gasteiger partial charge is 0.507 e. The molecule has 0 aliphatic carbocycles. The van der Waals surface area contributed by atoms with E-state index < -0.39 is 23.5 Å². The molecule has 1 aliphatic rings. The molecule has 1 N–H and O–H groups in total. The first-order chi connectivity index (χ1) is 17.8. The highest BCUT2D eigenvalue weighted by Gasteiger charge is 2.48. The van der Waals surface area contributed by atoms with Gasteiger partial charge in [-0.2, -0.15) is 0 Å². The number of ether oxygens (including phenoxy) is 3. The summed E-state index contributed by atoms with van der Waals surface area (Å²) in [6.07, 6.45) is -0.0224. The predicted octanol–water partition coefficient (Wildman–Crippen LogP) is 6.16. The van der Waals surface area contributed by atoms with Crippen LogP contribution in [0.1, 0.15) is 37.9 Å². The molecule has 1 aliphatic heterocycles. The lowest BCUT2D eigenvalue weighted by Crippen LogP contribution is -2.29. The number of amides is 1. The summed E-state index contributed by atoms with van der Waals surface area (Å²) in [5.41, 5.74) is 1.08. The Balaban J connectivity index is 1.93. The Morgan fingerprint density at radius 2 is 1.70 bits per heavy atom. The molecule has 0 radical (unpaired) electrons. The number of benzene rings is 3. The molecule has 8 heteroatoms. The first kappa shape index (κ1) is 26.1. The smallest absolute Gasteiger partial charge is 0.300 e. The van der Waals surface area contributed by atoms with Crippen LogP contribution >= 0.6 is 11.6 Å². The van der Waals surface area contributed by atoms with Crippen LogP contribution in [0.5, 0.6) is 17.2 Å². The third-order valence-electron chi connectivity index (χ3n) is 5.87. The van der Waals surface area contributed by atoms with Crippen molar-refractivity contribution in [2.45, 2.75) is 32.9 Å². The van der Waals surface area contributed by atoms with Crippen LogP contribution in [0, 0.1) is 0 Å². The van der Waals surface area contributed by atoms with Gasteiger partial charge in [-0.25, -0.2) is 0 Å². The number of aliphatic hydroxyl groups excluding tert-OH is 1. The van der Waals surface area contributed by atoms with E-state index in [9.17, 15) is 14.7 Å². The molecule has 0 bridgehead atoms. The number of halogens is 1. The van der Waals surface area contributed by atoms with Crippen molar-refractivity contribution in [2.24, 2.45) is 0 Å². The number of nitrogens with zero attached hydrogens (tertiary/aromatic N) is 1. The fourth-order valence-corrected chi connectivity index (χ4v) is 4.54. The Bertz CT molecular complexity index is 1350. The quantitative estimate of drug-likeness (QED) is 0.217. The zero-order valence-corrected chi connectivity index (χ0v) is 21.8. The Morgan fingerprint density at radius 1 is 1.03 bits per heavy atom. The van der Waals surface area contributed by atoms with Gasteiger partial charge in [-0.05, 0) is 69.3 Å². The fraction of sp³-hybridized carbons (Fsp3) is 0.241. The van der Waals surface area contributed by atoms with Crippen LogP contribution in [-0.4, -0.2) is 36.6 Å². The van der Waals surface area contributed by atoms with E-state index in [1.165, 1.54) is 12.0 Å². The minimum absolute atomic E-state index is 0.0224. The number of hydrogen-bond acceptors (Lipinski definition) is 6. The molecule has 3 aromatic carbocycles. The monoisotopic (exact) mass is 521 g/mol. The number of rotatable bonds is 8. The van der Waals surface area contributed by atoms with Gasteiger partial charge in [0.25, 0.3) is 11.7 Å². The highest BCUT2D eigenvalue weighted by Crippen LogP contribution is 2.46. The van der Waals surface area contributed by atoms with Crippen LogP contribution in [0.15, 0.2) is 72.3 Å². The van der Waals surface area contributed by atoms with Crippen LogP contribution in [0.25, 0.3) is 5.76 Å². The summed E-state index contributed by atoms with van der Waals surface area (Å²) in [6.45, 7) is 6.07. The van der Waals surface area contributed by atoms with E-state index >= 15 is 0 Å². The van der Waals surface area contributed by atoms with Gasteiger partial charge < -0.3 is 19.3 Å². The second-order valence-corrected chi connectivity index (χ2v) is 9.05. The molecule has 192 valence electrons. The maximum atomic E-state index is 13.5. The van der Waals surface area contributed by atoms with Crippen molar-refractivity contribution in [2.75, 3.05) is 18.6 Å². The SMILES string of the molecule is CCOc1ccc(Cl)c(/C(O)=C2\C(=O)C(=O)N(c3ccc(OC(C)C)cc3)C2c2ccccc2OC)c1. The number of aliphatic hydroxyl groups is 1. The minimum Gasteiger partial charge on any atom is -0.507 e. The van der Waals surface area contributed by atoms with Crippen molar-refractivity contribution in [1.82, 2.24) is 0 Å². The summed E-state index contributed by atoms with van der Waals surface area (Å²) in [7, 11) is 1.51. The lowest BCUT2D eigenvalue weighted by molar-refractivity contribution is -0.132.